The van der Waals surface area contributed by atoms with Gasteiger partial charge >= 0.3 is 0 Å². The van der Waals surface area contributed by atoms with E-state index in [1.165, 1.54) is 6.42 Å². The first kappa shape index (κ1) is 26.6. The SMILES string of the molecule is COc1ccc(Cc2c(O[C@@H]3O[C@H](CO)[C@@H](O)[C@H](O)[C@H]3O)nn(C3CCCCC3)c2-c2ccccc2)cc1. The largest absolute Gasteiger partial charge is 0.497 e. The molecule has 4 N–H and O–H groups in total. The number of aliphatic hydroxyl groups is 4. The molecule has 0 spiro atoms. The lowest BCUT2D eigenvalue weighted by Crippen LogP contribution is -2.60. The molecule has 0 radical (unpaired) electrons. The number of hydrogen-bond donors (Lipinski definition) is 4. The number of benzene rings is 2. The summed E-state index contributed by atoms with van der Waals surface area (Å²) in [6, 6.07) is 18.0. The Kier molecular flexibility index (Phi) is 8.30. The minimum absolute atomic E-state index is 0.195. The molecule has 0 bridgehead atoms. The first-order chi connectivity index (χ1) is 18.5. The first-order valence-electron chi connectivity index (χ1n) is 13.3. The van der Waals surface area contributed by atoms with Gasteiger partial charge in [-0.25, -0.2) is 0 Å². The molecular weight excluding hydrogens is 488 g/mol. The van der Waals surface area contributed by atoms with E-state index in [2.05, 4.69) is 0 Å². The van der Waals surface area contributed by atoms with E-state index in [9.17, 15) is 20.4 Å². The Hall–Kier alpha value is -2.95. The van der Waals surface area contributed by atoms with E-state index in [4.69, 9.17) is 19.3 Å². The van der Waals surface area contributed by atoms with Crippen LogP contribution in [-0.4, -0.2) is 74.6 Å². The van der Waals surface area contributed by atoms with Crippen molar-refractivity contribution in [2.24, 2.45) is 0 Å². The molecule has 0 unspecified atom stereocenters. The quantitative estimate of drug-likeness (QED) is 0.354. The molecule has 1 aliphatic heterocycles. The number of aromatic nitrogens is 2. The zero-order valence-corrected chi connectivity index (χ0v) is 21.5. The van der Waals surface area contributed by atoms with Crippen molar-refractivity contribution in [1.82, 2.24) is 9.78 Å². The standard InChI is InChI=1S/C29H36N2O7/c1-36-21-14-12-18(13-15-21)16-22-24(19-8-4-2-5-9-19)31(20-10-6-3-7-11-20)30-28(22)38-29-27(35)26(34)25(33)23(17-32)37-29/h2,4-5,8-9,12-15,20,23,25-27,29,32-35H,3,6-7,10-11,16-17H2,1H3/t23-,25-,26+,27-,29+/m1/s1. The third-order valence-corrected chi connectivity index (χ3v) is 7.56. The van der Waals surface area contributed by atoms with Crippen molar-refractivity contribution < 1.29 is 34.6 Å². The topological polar surface area (TPSA) is 126 Å². The second-order valence-electron chi connectivity index (χ2n) is 10.1. The third-order valence-electron chi connectivity index (χ3n) is 7.56. The number of hydrogen-bond acceptors (Lipinski definition) is 8. The Morgan fingerprint density at radius 3 is 2.29 bits per heavy atom. The molecule has 5 rings (SSSR count). The highest BCUT2D eigenvalue weighted by atomic mass is 16.7. The second-order valence-corrected chi connectivity index (χ2v) is 10.1. The van der Waals surface area contributed by atoms with Crippen LogP contribution >= 0.6 is 0 Å². The van der Waals surface area contributed by atoms with Gasteiger partial charge in [-0.1, -0.05) is 61.7 Å². The highest BCUT2D eigenvalue weighted by molar-refractivity contribution is 5.67. The average Bonchev–Trinajstić information content (AvgIpc) is 3.32. The van der Waals surface area contributed by atoms with Crippen LogP contribution in [0.4, 0.5) is 0 Å². The molecule has 2 aromatic carbocycles. The Morgan fingerprint density at radius 2 is 1.63 bits per heavy atom. The second kappa shape index (κ2) is 11.8. The van der Waals surface area contributed by atoms with Crippen molar-refractivity contribution in [3.8, 4) is 22.9 Å². The van der Waals surface area contributed by atoms with E-state index in [0.29, 0.717) is 6.42 Å². The molecule has 1 aromatic heterocycles. The summed E-state index contributed by atoms with van der Waals surface area (Å²) < 4.78 is 19.2. The van der Waals surface area contributed by atoms with Crippen LogP contribution in [0.5, 0.6) is 11.6 Å². The summed E-state index contributed by atoms with van der Waals surface area (Å²) in [5.74, 6) is 1.04. The van der Waals surface area contributed by atoms with Crippen LogP contribution in [0.2, 0.25) is 0 Å². The molecule has 9 nitrogen and oxygen atoms in total. The van der Waals surface area contributed by atoms with Crippen molar-refractivity contribution in [3.05, 3.63) is 65.7 Å². The van der Waals surface area contributed by atoms with Crippen LogP contribution in [0.15, 0.2) is 54.6 Å². The lowest BCUT2D eigenvalue weighted by atomic mass is 9.94. The van der Waals surface area contributed by atoms with Crippen LogP contribution in [0, 0.1) is 0 Å². The molecule has 2 aliphatic rings. The lowest BCUT2D eigenvalue weighted by molar-refractivity contribution is -0.278. The van der Waals surface area contributed by atoms with Crippen LogP contribution < -0.4 is 9.47 Å². The average molecular weight is 525 g/mol. The van der Waals surface area contributed by atoms with Gasteiger partial charge in [0.05, 0.1) is 25.5 Å². The van der Waals surface area contributed by atoms with Crippen LogP contribution in [0.25, 0.3) is 11.3 Å². The summed E-state index contributed by atoms with van der Waals surface area (Å²) in [5.41, 5.74) is 3.78. The highest BCUT2D eigenvalue weighted by Gasteiger charge is 2.45. The number of ether oxygens (including phenoxy) is 3. The summed E-state index contributed by atoms with van der Waals surface area (Å²) in [4.78, 5) is 0. The van der Waals surface area contributed by atoms with E-state index in [1.54, 1.807) is 7.11 Å². The van der Waals surface area contributed by atoms with Crippen LogP contribution in [-0.2, 0) is 11.2 Å². The normalized spacial score (nSPS) is 26.3. The first-order valence-corrected chi connectivity index (χ1v) is 13.3. The third kappa shape index (κ3) is 5.43. The lowest BCUT2D eigenvalue weighted by Gasteiger charge is -2.39. The molecule has 2 fully saturated rings. The molecule has 9 heteroatoms. The number of rotatable bonds is 8. The van der Waals surface area contributed by atoms with E-state index >= 15 is 0 Å². The van der Waals surface area contributed by atoms with Crippen molar-refractivity contribution in [2.75, 3.05) is 13.7 Å². The van der Waals surface area contributed by atoms with Crippen molar-refractivity contribution in [1.29, 1.82) is 0 Å². The minimum atomic E-state index is -1.54. The summed E-state index contributed by atoms with van der Waals surface area (Å²) in [5, 5.41) is 45.8. The van der Waals surface area contributed by atoms with Gasteiger partial charge in [-0.15, -0.1) is 5.10 Å². The summed E-state index contributed by atoms with van der Waals surface area (Å²) >= 11 is 0. The molecule has 3 aromatic rings. The predicted octanol–water partition coefficient (Wildman–Crippen LogP) is 2.83. The fraction of sp³-hybridized carbons (Fsp3) is 0.483. The molecule has 5 atom stereocenters. The van der Waals surface area contributed by atoms with Gasteiger partial charge in [-0.2, -0.15) is 0 Å². The molecule has 38 heavy (non-hydrogen) atoms. The van der Waals surface area contributed by atoms with Gasteiger partial charge in [0.1, 0.15) is 30.2 Å². The molecule has 0 amide bonds. The van der Waals surface area contributed by atoms with E-state index in [1.807, 2.05) is 59.3 Å². The monoisotopic (exact) mass is 524 g/mol. The molecule has 204 valence electrons. The molecule has 2 heterocycles. The fourth-order valence-corrected chi connectivity index (χ4v) is 5.42. The Balaban J connectivity index is 1.59. The fourth-order valence-electron chi connectivity index (χ4n) is 5.42. The number of aliphatic hydroxyl groups excluding tert-OH is 4. The van der Waals surface area contributed by atoms with Crippen LogP contribution in [0.1, 0.15) is 49.3 Å². The number of nitrogens with zero attached hydrogens (tertiary/aromatic N) is 2. The van der Waals surface area contributed by atoms with Gasteiger partial charge in [0.2, 0.25) is 12.2 Å². The van der Waals surface area contributed by atoms with E-state index in [0.717, 1.165) is 53.8 Å². The molecular formula is C29H36N2O7. The molecule has 1 aliphatic carbocycles. The van der Waals surface area contributed by atoms with E-state index < -0.39 is 37.3 Å². The maximum Gasteiger partial charge on any atom is 0.239 e. The highest BCUT2D eigenvalue weighted by Crippen LogP contribution is 2.40. The van der Waals surface area contributed by atoms with Crippen molar-refractivity contribution in [3.63, 3.8) is 0 Å². The summed E-state index contributed by atoms with van der Waals surface area (Å²) in [6.07, 6.45) is -0.980. The van der Waals surface area contributed by atoms with Gasteiger partial charge < -0.3 is 34.6 Å². The number of methoxy groups -OCH3 is 1. The van der Waals surface area contributed by atoms with Gasteiger partial charge in [-0.3, -0.25) is 4.68 Å². The Bertz CT molecular complexity index is 1180. The maximum atomic E-state index is 10.7. The van der Waals surface area contributed by atoms with Crippen molar-refractivity contribution >= 4 is 0 Å². The minimum Gasteiger partial charge on any atom is -0.497 e. The van der Waals surface area contributed by atoms with Gasteiger partial charge in [0.25, 0.3) is 0 Å². The Morgan fingerprint density at radius 1 is 0.921 bits per heavy atom. The zero-order valence-electron chi connectivity index (χ0n) is 21.5. The maximum absolute atomic E-state index is 10.7. The van der Waals surface area contributed by atoms with Gasteiger partial charge in [-0.05, 0) is 30.5 Å². The Labute approximate surface area is 222 Å². The summed E-state index contributed by atoms with van der Waals surface area (Å²) in [7, 11) is 1.63. The van der Waals surface area contributed by atoms with Gasteiger partial charge in [0, 0.05) is 17.5 Å². The van der Waals surface area contributed by atoms with Gasteiger partial charge in [0.15, 0.2) is 0 Å². The smallest absolute Gasteiger partial charge is 0.239 e. The van der Waals surface area contributed by atoms with E-state index in [-0.39, 0.29) is 11.9 Å². The van der Waals surface area contributed by atoms with Crippen molar-refractivity contribution in [2.45, 2.75) is 75.3 Å². The predicted molar refractivity (Wildman–Crippen MR) is 140 cm³/mol. The zero-order chi connectivity index (χ0) is 26.6. The summed E-state index contributed by atoms with van der Waals surface area (Å²) in [6.45, 7) is -0.532. The molecule has 1 saturated heterocycles. The molecule has 1 saturated carbocycles. The van der Waals surface area contributed by atoms with Crippen LogP contribution in [0.3, 0.4) is 0 Å².